The second-order valence-electron chi connectivity index (χ2n) is 3.54. The Labute approximate surface area is 82.5 Å². The molecule has 80 valence electrons. The fourth-order valence-corrected chi connectivity index (χ4v) is 1.32. The maximum absolute atomic E-state index is 11.2. The zero-order valence-corrected chi connectivity index (χ0v) is 8.36. The molecule has 0 spiro atoms. The topological polar surface area (TPSA) is 72.9 Å². The lowest BCUT2D eigenvalue weighted by Crippen LogP contribution is -2.42. The van der Waals surface area contributed by atoms with Gasteiger partial charge in [-0.05, 0) is 14.1 Å². The molecule has 14 heavy (non-hydrogen) atoms. The molecule has 1 saturated heterocycles. The van der Waals surface area contributed by atoms with Crippen LogP contribution in [0.15, 0.2) is 0 Å². The van der Waals surface area contributed by atoms with E-state index in [1.54, 1.807) is 0 Å². The average Bonchev–Trinajstić information content (AvgIpc) is 2.43. The molecule has 0 aromatic rings. The summed E-state index contributed by atoms with van der Waals surface area (Å²) in [5.41, 5.74) is 0. The Balaban J connectivity index is 2.54. The molecule has 6 heteroatoms. The van der Waals surface area contributed by atoms with E-state index in [-0.39, 0.29) is 12.6 Å². The van der Waals surface area contributed by atoms with Gasteiger partial charge in [-0.3, -0.25) is 0 Å². The van der Waals surface area contributed by atoms with E-state index in [4.69, 9.17) is 5.11 Å². The number of carboxylic acids is 1. The molecule has 1 rings (SSSR count). The molecule has 1 fully saturated rings. The van der Waals surface area contributed by atoms with Crippen LogP contribution < -0.4 is 5.32 Å². The van der Waals surface area contributed by atoms with Crippen molar-refractivity contribution in [3.63, 3.8) is 0 Å². The Morgan fingerprint density at radius 2 is 2.36 bits per heavy atom. The van der Waals surface area contributed by atoms with Gasteiger partial charge in [-0.25, -0.2) is 9.59 Å². The lowest BCUT2D eigenvalue weighted by molar-refractivity contribution is -0.141. The Morgan fingerprint density at radius 1 is 1.71 bits per heavy atom. The number of carboxylic acid groups (broad SMARTS) is 1. The van der Waals surface area contributed by atoms with Crippen molar-refractivity contribution in [3.05, 3.63) is 0 Å². The number of hydrogen-bond donors (Lipinski definition) is 2. The maximum atomic E-state index is 11.2. The summed E-state index contributed by atoms with van der Waals surface area (Å²) in [5.74, 6) is -0.956. The number of aliphatic carboxylic acids is 1. The van der Waals surface area contributed by atoms with Crippen LogP contribution in [0.25, 0.3) is 0 Å². The zero-order valence-electron chi connectivity index (χ0n) is 8.36. The quantitative estimate of drug-likeness (QED) is 0.613. The number of carbonyl (C=O) groups excluding carboxylic acids is 1. The molecule has 1 heterocycles. The van der Waals surface area contributed by atoms with Gasteiger partial charge in [-0.15, -0.1) is 0 Å². The third-order valence-corrected chi connectivity index (χ3v) is 2.16. The highest BCUT2D eigenvalue weighted by Gasteiger charge is 2.35. The molecule has 2 N–H and O–H groups in total. The predicted molar refractivity (Wildman–Crippen MR) is 50.1 cm³/mol. The molecule has 2 amide bonds. The second kappa shape index (κ2) is 4.28. The van der Waals surface area contributed by atoms with Crippen LogP contribution in [0.4, 0.5) is 4.79 Å². The van der Waals surface area contributed by atoms with Gasteiger partial charge in [0.25, 0.3) is 0 Å². The number of nitrogens with zero attached hydrogens (tertiary/aromatic N) is 2. The average molecular weight is 201 g/mol. The minimum absolute atomic E-state index is 0.196. The van der Waals surface area contributed by atoms with Gasteiger partial charge in [0.1, 0.15) is 6.04 Å². The number of likely N-dealkylation sites (N-methyl/N-ethyl adjacent to an activating group) is 1. The van der Waals surface area contributed by atoms with Crippen LogP contribution >= 0.6 is 0 Å². The van der Waals surface area contributed by atoms with Crippen LogP contribution in [0.3, 0.4) is 0 Å². The first kappa shape index (κ1) is 10.8. The van der Waals surface area contributed by atoms with Crippen LogP contribution in [0.2, 0.25) is 0 Å². The van der Waals surface area contributed by atoms with Crippen molar-refractivity contribution in [2.45, 2.75) is 6.04 Å². The molecule has 0 aromatic carbocycles. The van der Waals surface area contributed by atoms with Gasteiger partial charge in [-0.1, -0.05) is 0 Å². The van der Waals surface area contributed by atoms with Crippen molar-refractivity contribution < 1.29 is 14.7 Å². The number of amides is 2. The smallest absolute Gasteiger partial charge is 0.328 e. The van der Waals surface area contributed by atoms with Crippen LogP contribution in [-0.2, 0) is 4.79 Å². The van der Waals surface area contributed by atoms with Crippen molar-refractivity contribution in [2.75, 3.05) is 33.7 Å². The minimum atomic E-state index is -0.956. The van der Waals surface area contributed by atoms with Gasteiger partial charge >= 0.3 is 12.0 Å². The molecule has 0 radical (unpaired) electrons. The lowest BCUT2D eigenvalue weighted by atomic mass is 10.3. The molecule has 0 bridgehead atoms. The maximum Gasteiger partial charge on any atom is 0.328 e. The molecule has 6 nitrogen and oxygen atoms in total. The van der Waals surface area contributed by atoms with Crippen LogP contribution in [0.1, 0.15) is 0 Å². The van der Waals surface area contributed by atoms with Crippen molar-refractivity contribution in [1.82, 2.24) is 15.1 Å². The van der Waals surface area contributed by atoms with Gasteiger partial charge < -0.3 is 20.2 Å². The van der Waals surface area contributed by atoms with Crippen LogP contribution in [0, 0.1) is 0 Å². The first-order valence-electron chi connectivity index (χ1n) is 4.44. The Bertz CT molecular complexity index is 242. The highest BCUT2D eigenvalue weighted by atomic mass is 16.4. The lowest BCUT2D eigenvalue weighted by Gasteiger charge is -2.21. The summed E-state index contributed by atoms with van der Waals surface area (Å²) in [6.45, 7) is 1.30. The summed E-state index contributed by atoms with van der Waals surface area (Å²) in [5, 5.41) is 11.3. The first-order chi connectivity index (χ1) is 6.52. The number of hydrogen-bond acceptors (Lipinski definition) is 3. The van der Waals surface area contributed by atoms with E-state index in [0.29, 0.717) is 13.1 Å². The molecule has 1 atom stereocenters. The molecule has 1 aliphatic rings. The van der Waals surface area contributed by atoms with E-state index in [9.17, 15) is 9.59 Å². The Morgan fingerprint density at radius 3 is 2.86 bits per heavy atom. The van der Waals surface area contributed by atoms with E-state index in [1.165, 1.54) is 4.90 Å². The van der Waals surface area contributed by atoms with Gasteiger partial charge in [0.15, 0.2) is 0 Å². The standard InChI is InChI=1S/C8H15N3O3/c1-10(2)3-4-11-6(7(12)13)5-9-8(11)14/h6H,3-5H2,1-2H3,(H,9,14)(H,12,13). The summed E-state index contributed by atoms with van der Waals surface area (Å²) in [6, 6.07) is -1.01. The summed E-state index contributed by atoms with van der Waals surface area (Å²) in [7, 11) is 3.76. The number of rotatable bonds is 4. The summed E-state index contributed by atoms with van der Waals surface area (Å²) < 4.78 is 0. The van der Waals surface area contributed by atoms with E-state index in [1.807, 2.05) is 19.0 Å². The fourth-order valence-electron chi connectivity index (χ4n) is 1.32. The summed E-state index contributed by atoms with van der Waals surface area (Å²) in [4.78, 5) is 25.2. The molecule has 0 saturated carbocycles. The van der Waals surface area contributed by atoms with E-state index < -0.39 is 12.0 Å². The fraction of sp³-hybridized carbons (Fsp3) is 0.750. The van der Waals surface area contributed by atoms with Crippen molar-refractivity contribution in [1.29, 1.82) is 0 Å². The number of nitrogens with one attached hydrogen (secondary N) is 1. The van der Waals surface area contributed by atoms with E-state index in [2.05, 4.69) is 5.32 Å². The first-order valence-corrected chi connectivity index (χ1v) is 4.44. The van der Waals surface area contributed by atoms with E-state index >= 15 is 0 Å². The molecular formula is C8H15N3O3. The van der Waals surface area contributed by atoms with Gasteiger partial charge in [0, 0.05) is 13.1 Å². The van der Waals surface area contributed by atoms with Gasteiger partial charge in [0.2, 0.25) is 0 Å². The highest BCUT2D eigenvalue weighted by molar-refractivity contribution is 5.86. The molecule has 0 aliphatic carbocycles. The molecule has 0 aromatic heterocycles. The van der Waals surface area contributed by atoms with Gasteiger partial charge in [-0.2, -0.15) is 0 Å². The SMILES string of the molecule is CN(C)CCN1C(=O)NCC1C(=O)O. The Hall–Kier alpha value is -1.30. The number of carbonyl (C=O) groups is 2. The van der Waals surface area contributed by atoms with Crippen molar-refractivity contribution in [3.8, 4) is 0 Å². The molecular weight excluding hydrogens is 186 g/mol. The number of urea groups is 1. The molecule has 1 unspecified atom stereocenters. The Kier molecular flexibility index (Phi) is 3.29. The second-order valence-corrected chi connectivity index (χ2v) is 3.54. The zero-order chi connectivity index (χ0) is 10.7. The van der Waals surface area contributed by atoms with Crippen LogP contribution in [-0.4, -0.2) is 66.7 Å². The van der Waals surface area contributed by atoms with Gasteiger partial charge in [0.05, 0.1) is 6.54 Å². The van der Waals surface area contributed by atoms with Crippen molar-refractivity contribution in [2.24, 2.45) is 0 Å². The van der Waals surface area contributed by atoms with Crippen LogP contribution in [0.5, 0.6) is 0 Å². The van der Waals surface area contributed by atoms with Crippen molar-refractivity contribution >= 4 is 12.0 Å². The third-order valence-electron chi connectivity index (χ3n) is 2.16. The summed E-state index contributed by atoms with van der Waals surface area (Å²) in [6.07, 6.45) is 0. The predicted octanol–water partition coefficient (Wildman–Crippen LogP) is -0.974. The normalized spacial score (nSPS) is 21.5. The monoisotopic (exact) mass is 201 g/mol. The highest BCUT2D eigenvalue weighted by Crippen LogP contribution is 2.06. The third kappa shape index (κ3) is 2.35. The molecule has 1 aliphatic heterocycles. The minimum Gasteiger partial charge on any atom is -0.480 e. The summed E-state index contributed by atoms with van der Waals surface area (Å²) >= 11 is 0. The largest absolute Gasteiger partial charge is 0.480 e. The van der Waals surface area contributed by atoms with E-state index in [0.717, 1.165) is 0 Å².